The Bertz CT molecular complexity index is 530. The summed E-state index contributed by atoms with van der Waals surface area (Å²) in [5.41, 5.74) is 7.31. The molecule has 2 N–H and O–H groups in total. The van der Waals surface area contributed by atoms with Crippen LogP contribution in [0.1, 0.15) is 16.5 Å². The van der Waals surface area contributed by atoms with Gasteiger partial charge in [-0.05, 0) is 28.1 Å². The molecule has 3 nitrogen and oxygen atoms in total. The molecule has 19 heavy (non-hydrogen) atoms. The lowest BCUT2D eigenvalue weighted by Crippen LogP contribution is -2.13. The van der Waals surface area contributed by atoms with E-state index in [1.54, 1.807) is 18.4 Å². The molecule has 0 aliphatic heterocycles. The van der Waals surface area contributed by atoms with E-state index < -0.39 is 0 Å². The van der Waals surface area contributed by atoms with Crippen LogP contribution in [0.3, 0.4) is 0 Å². The van der Waals surface area contributed by atoms with Gasteiger partial charge < -0.3 is 15.2 Å². The van der Waals surface area contributed by atoms with E-state index in [4.69, 9.17) is 15.2 Å². The molecule has 0 spiro atoms. The number of benzene rings is 1. The second-order valence-corrected chi connectivity index (χ2v) is 5.88. The van der Waals surface area contributed by atoms with E-state index in [0.29, 0.717) is 13.2 Å². The number of halogens is 1. The third kappa shape index (κ3) is 3.79. The predicted molar refractivity (Wildman–Crippen MR) is 81.9 cm³/mol. The van der Waals surface area contributed by atoms with E-state index in [9.17, 15) is 0 Å². The molecule has 0 amide bonds. The number of rotatable bonds is 6. The average molecular weight is 342 g/mol. The van der Waals surface area contributed by atoms with Gasteiger partial charge in [-0.15, -0.1) is 11.3 Å². The molecule has 1 heterocycles. The zero-order valence-electron chi connectivity index (χ0n) is 10.6. The fourth-order valence-electron chi connectivity index (χ4n) is 1.75. The summed E-state index contributed by atoms with van der Waals surface area (Å²) in [4.78, 5) is 1.11. The van der Waals surface area contributed by atoms with Crippen molar-refractivity contribution in [3.63, 3.8) is 0 Å². The number of nitrogens with two attached hydrogens (primary N) is 1. The topological polar surface area (TPSA) is 44.5 Å². The molecule has 0 aliphatic rings. The monoisotopic (exact) mass is 341 g/mol. The lowest BCUT2D eigenvalue weighted by Gasteiger charge is -2.15. The van der Waals surface area contributed by atoms with Crippen LogP contribution >= 0.6 is 27.3 Å². The molecule has 2 rings (SSSR count). The highest BCUT2D eigenvalue weighted by molar-refractivity contribution is 9.10. The molecule has 1 aromatic carbocycles. The first-order valence-corrected chi connectivity index (χ1v) is 7.60. The highest BCUT2D eigenvalue weighted by atomic mass is 79.9. The Balaban J connectivity index is 2.18. The largest absolute Gasteiger partial charge is 0.491 e. The van der Waals surface area contributed by atoms with Crippen LogP contribution < -0.4 is 10.5 Å². The lowest BCUT2D eigenvalue weighted by atomic mass is 10.1. The maximum absolute atomic E-state index is 6.31. The standard InChI is InChI=1S/C14H16BrNO2S/c1-17-6-7-18-12-5-3-2-4-11(12)14(16)13-8-10(15)9-19-13/h2-5,8-9,14H,6-7,16H2,1H3. The molecule has 0 fully saturated rings. The van der Waals surface area contributed by atoms with Crippen LogP contribution in [0.25, 0.3) is 0 Å². The Morgan fingerprint density at radius 3 is 2.79 bits per heavy atom. The van der Waals surface area contributed by atoms with Gasteiger partial charge in [-0.1, -0.05) is 18.2 Å². The number of thiophene rings is 1. The maximum atomic E-state index is 6.31. The van der Waals surface area contributed by atoms with Crippen LogP contribution in [0.2, 0.25) is 0 Å². The molecule has 5 heteroatoms. The zero-order chi connectivity index (χ0) is 13.7. The Kier molecular flexibility index (Phi) is 5.39. The number of hydrogen-bond acceptors (Lipinski definition) is 4. The summed E-state index contributed by atoms with van der Waals surface area (Å²) in [7, 11) is 1.66. The van der Waals surface area contributed by atoms with Gasteiger partial charge in [-0.3, -0.25) is 0 Å². The predicted octanol–water partition coefficient (Wildman–Crippen LogP) is 3.58. The fourth-order valence-corrected chi connectivity index (χ4v) is 3.21. The molecular weight excluding hydrogens is 326 g/mol. The van der Waals surface area contributed by atoms with Crippen molar-refractivity contribution < 1.29 is 9.47 Å². The van der Waals surface area contributed by atoms with Crippen LogP contribution in [0.4, 0.5) is 0 Å². The van der Waals surface area contributed by atoms with E-state index in [2.05, 4.69) is 15.9 Å². The number of methoxy groups -OCH3 is 1. The Hall–Kier alpha value is -0.880. The fraction of sp³-hybridized carbons (Fsp3) is 0.286. The molecule has 0 aliphatic carbocycles. The van der Waals surface area contributed by atoms with Gasteiger partial charge in [0, 0.05) is 27.4 Å². The molecule has 0 saturated heterocycles. The Morgan fingerprint density at radius 2 is 2.11 bits per heavy atom. The van der Waals surface area contributed by atoms with Gasteiger partial charge in [0.1, 0.15) is 12.4 Å². The quantitative estimate of drug-likeness (QED) is 0.816. The van der Waals surface area contributed by atoms with E-state index in [0.717, 1.165) is 20.7 Å². The molecule has 1 aromatic heterocycles. The van der Waals surface area contributed by atoms with Crippen LogP contribution in [0.5, 0.6) is 5.75 Å². The smallest absolute Gasteiger partial charge is 0.124 e. The van der Waals surface area contributed by atoms with Crippen molar-refractivity contribution in [2.24, 2.45) is 5.73 Å². The van der Waals surface area contributed by atoms with Crippen LogP contribution in [0.15, 0.2) is 40.2 Å². The highest BCUT2D eigenvalue weighted by Crippen LogP contribution is 2.32. The van der Waals surface area contributed by atoms with Gasteiger partial charge in [0.05, 0.1) is 12.6 Å². The highest BCUT2D eigenvalue weighted by Gasteiger charge is 2.15. The van der Waals surface area contributed by atoms with Crippen LogP contribution in [-0.2, 0) is 4.74 Å². The average Bonchev–Trinajstić information content (AvgIpc) is 2.85. The minimum Gasteiger partial charge on any atom is -0.491 e. The van der Waals surface area contributed by atoms with Crippen LogP contribution in [-0.4, -0.2) is 20.3 Å². The van der Waals surface area contributed by atoms with Gasteiger partial charge in [-0.25, -0.2) is 0 Å². The lowest BCUT2D eigenvalue weighted by molar-refractivity contribution is 0.145. The number of para-hydroxylation sites is 1. The van der Waals surface area contributed by atoms with Gasteiger partial charge in [-0.2, -0.15) is 0 Å². The molecule has 1 atom stereocenters. The summed E-state index contributed by atoms with van der Waals surface area (Å²) >= 11 is 5.09. The first-order valence-electron chi connectivity index (χ1n) is 5.92. The van der Waals surface area contributed by atoms with E-state index in [-0.39, 0.29) is 6.04 Å². The van der Waals surface area contributed by atoms with Crippen molar-refractivity contribution >= 4 is 27.3 Å². The third-order valence-electron chi connectivity index (χ3n) is 2.69. The first kappa shape index (κ1) is 14.5. The number of hydrogen-bond donors (Lipinski definition) is 1. The van der Waals surface area contributed by atoms with E-state index in [1.807, 2.05) is 35.7 Å². The van der Waals surface area contributed by atoms with Gasteiger partial charge >= 0.3 is 0 Å². The molecule has 0 bridgehead atoms. The SMILES string of the molecule is COCCOc1ccccc1C(N)c1cc(Br)cs1. The third-order valence-corrected chi connectivity index (χ3v) is 4.47. The van der Waals surface area contributed by atoms with E-state index >= 15 is 0 Å². The number of ether oxygens (including phenoxy) is 2. The summed E-state index contributed by atoms with van der Waals surface area (Å²) in [5.74, 6) is 0.816. The van der Waals surface area contributed by atoms with Crippen LogP contribution in [0, 0.1) is 0 Å². The second kappa shape index (κ2) is 7.05. The normalized spacial score (nSPS) is 12.4. The summed E-state index contributed by atoms with van der Waals surface area (Å²) in [5, 5.41) is 2.03. The minimum atomic E-state index is -0.171. The van der Waals surface area contributed by atoms with Crippen molar-refractivity contribution in [3.8, 4) is 5.75 Å². The molecule has 0 radical (unpaired) electrons. The molecule has 2 aromatic rings. The molecule has 102 valence electrons. The zero-order valence-corrected chi connectivity index (χ0v) is 13.0. The van der Waals surface area contributed by atoms with Crippen molar-refractivity contribution in [2.45, 2.75) is 6.04 Å². The van der Waals surface area contributed by atoms with Crippen molar-refractivity contribution in [1.29, 1.82) is 0 Å². The summed E-state index contributed by atoms with van der Waals surface area (Å²) < 4.78 is 11.8. The summed E-state index contributed by atoms with van der Waals surface area (Å²) in [6.45, 7) is 1.09. The first-order chi connectivity index (χ1) is 9.22. The second-order valence-electron chi connectivity index (χ2n) is 4.02. The minimum absolute atomic E-state index is 0.171. The van der Waals surface area contributed by atoms with Crippen molar-refractivity contribution in [2.75, 3.05) is 20.3 Å². The maximum Gasteiger partial charge on any atom is 0.124 e. The van der Waals surface area contributed by atoms with E-state index in [1.165, 1.54) is 0 Å². The van der Waals surface area contributed by atoms with Crippen molar-refractivity contribution in [3.05, 3.63) is 50.6 Å². The van der Waals surface area contributed by atoms with Gasteiger partial charge in [0.2, 0.25) is 0 Å². The Morgan fingerprint density at radius 1 is 1.32 bits per heavy atom. The Labute approximate surface area is 125 Å². The summed E-state index contributed by atoms with van der Waals surface area (Å²) in [6.07, 6.45) is 0. The molecular formula is C14H16BrNO2S. The van der Waals surface area contributed by atoms with Crippen molar-refractivity contribution in [1.82, 2.24) is 0 Å². The summed E-state index contributed by atoms with van der Waals surface area (Å²) in [6, 6.07) is 9.73. The molecule has 0 saturated carbocycles. The van der Waals surface area contributed by atoms with Gasteiger partial charge in [0.15, 0.2) is 0 Å². The van der Waals surface area contributed by atoms with Gasteiger partial charge in [0.25, 0.3) is 0 Å². The molecule has 1 unspecified atom stereocenters.